The first-order chi connectivity index (χ1) is 7.00. The van der Waals surface area contributed by atoms with Crippen LogP contribution < -0.4 is 5.32 Å². The van der Waals surface area contributed by atoms with Crippen LogP contribution in [0, 0.1) is 0 Å². The van der Waals surface area contributed by atoms with Crippen LogP contribution in [0.3, 0.4) is 0 Å². The Morgan fingerprint density at radius 2 is 2.13 bits per heavy atom. The van der Waals surface area contributed by atoms with Crippen molar-refractivity contribution in [3.05, 3.63) is 23.4 Å². The molecule has 0 saturated carbocycles. The number of pyridine rings is 1. The second-order valence-electron chi connectivity index (χ2n) is 4.17. The Kier molecular flexibility index (Phi) is 2.37. The van der Waals surface area contributed by atoms with Gasteiger partial charge >= 0.3 is 0 Å². The van der Waals surface area contributed by atoms with Gasteiger partial charge in [0.2, 0.25) is 0 Å². The van der Waals surface area contributed by atoms with Crippen molar-refractivity contribution >= 4 is 5.82 Å². The molecule has 1 aromatic heterocycles. The Bertz CT molecular complexity index is 375. The summed E-state index contributed by atoms with van der Waals surface area (Å²) in [5.41, 5.74) is 0.872. The highest BCUT2D eigenvalue weighted by Gasteiger charge is 2.37. The molecule has 0 radical (unpaired) electrons. The molecule has 0 unspecified atom stereocenters. The van der Waals surface area contributed by atoms with Gasteiger partial charge in [0, 0.05) is 18.7 Å². The summed E-state index contributed by atoms with van der Waals surface area (Å²) >= 11 is 0. The van der Waals surface area contributed by atoms with Crippen LogP contribution in [0.2, 0.25) is 0 Å². The maximum Gasteiger partial charge on any atom is 0.278 e. The lowest BCUT2D eigenvalue weighted by Gasteiger charge is -2.26. The smallest absolute Gasteiger partial charge is 0.278 e. The SMILES string of the molecule is CC(C)c1ccc2c(n1)NCCC2(F)F. The fraction of sp³-hybridized carbons (Fsp3) is 0.545. The number of nitrogens with zero attached hydrogens (tertiary/aromatic N) is 1. The van der Waals surface area contributed by atoms with Gasteiger partial charge in [-0.05, 0) is 18.1 Å². The number of nitrogens with one attached hydrogen (secondary N) is 1. The van der Waals surface area contributed by atoms with Crippen LogP contribution in [0.4, 0.5) is 14.6 Å². The summed E-state index contributed by atoms with van der Waals surface area (Å²) in [6.45, 7) is 4.28. The Labute approximate surface area is 87.7 Å². The van der Waals surface area contributed by atoms with E-state index in [9.17, 15) is 8.78 Å². The van der Waals surface area contributed by atoms with Gasteiger partial charge in [0.15, 0.2) is 0 Å². The largest absolute Gasteiger partial charge is 0.369 e. The molecule has 0 bridgehead atoms. The molecule has 0 saturated heterocycles. The number of aromatic nitrogens is 1. The molecule has 1 aliphatic rings. The standard InChI is InChI=1S/C11H14F2N2/c1-7(2)9-4-3-8-10(15-9)14-6-5-11(8,12)13/h3-4,7H,5-6H2,1-2H3,(H,14,15). The third-order valence-electron chi connectivity index (χ3n) is 2.63. The predicted molar refractivity (Wildman–Crippen MR) is 55.3 cm³/mol. The van der Waals surface area contributed by atoms with E-state index in [4.69, 9.17) is 0 Å². The molecule has 0 spiro atoms. The van der Waals surface area contributed by atoms with Gasteiger partial charge in [-0.25, -0.2) is 13.8 Å². The predicted octanol–water partition coefficient (Wildman–Crippen LogP) is 3.11. The molecule has 1 aliphatic heterocycles. The lowest BCUT2D eigenvalue weighted by atomic mass is 10.0. The highest BCUT2D eigenvalue weighted by Crippen LogP contribution is 2.39. The number of alkyl halides is 2. The van der Waals surface area contributed by atoms with E-state index in [1.165, 1.54) is 6.07 Å². The number of hydrogen-bond donors (Lipinski definition) is 1. The number of rotatable bonds is 1. The zero-order valence-corrected chi connectivity index (χ0v) is 8.85. The van der Waals surface area contributed by atoms with Crippen molar-refractivity contribution < 1.29 is 8.78 Å². The van der Waals surface area contributed by atoms with Crippen molar-refractivity contribution in [2.75, 3.05) is 11.9 Å². The lowest BCUT2D eigenvalue weighted by Crippen LogP contribution is -2.27. The normalized spacial score (nSPS) is 18.5. The van der Waals surface area contributed by atoms with Gasteiger partial charge in [-0.15, -0.1) is 0 Å². The van der Waals surface area contributed by atoms with Crippen LogP contribution in [0.25, 0.3) is 0 Å². The summed E-state index contributed by atoms with van der Waals surface area (Å²) in [5, 5.41) is 2.92. The zero-order valence-electron chi connectivity index (χ0n) is 8.85. The average Bonchev–Trinajstić information content (AvgIpc) is 2.16. The van der Waals surface area contributed by atoms with E-state index in [1.807, 2.05) is 13.8 Å². The molecule has 82 valence electrons. The molecular weight excluding hydrogens is 198 g/mol. The molecule has 4 heteroatoms. The summed E-state index contributed by atoms with van der Waals surface area (Å²) in [4.78, 5) is 4.22. The van der Waals surface area contributed by atoms with Crippen LogP contribution in [-0.4, -0.2) is 11.5 Å². The molecule has 2 heterocycles. The highest BCUT2D eigenvalue weighted by molar-refractivity contribution is 5.50. The maximum absolute atomic E-state index is 13.4. The van der Waals surface area contributed by atoms with Crippen LogP contribution in [0.15, 0.2) is 12.1 Å². The third-order valence-corrected chi connectivity index (χ3v) is 2.63. The van der Waals surface area contributed by atoms with Gasteiger partial charge in [0.1, 0.15) is 5.82 Å². The molecular formula is C11H14F2N2. The van der Waals surface area contributed by atoms with Crippen LogP contribution >= 0.6 is 0 Å². The van der Waals surface area contributed by atoms with E-state index in [-0.39, 0.29) is 24.4 Å². The molecule has 1 aromatic rings. The van der Waals surface area contributed by atoms with Crippen LogP contribution in [0.1, 0.15) is 37.4 Å². The average molecular weight is 212 g/mol. The van der Waals surface area contributed by atoms with Crippen molar-refractivity contribution in [3.8, 4) is 0 Å². The number of halogens is 2. The van der Waals surface area contributed by atoms with E-state index in [1.54, 1.807) is 6.07 Å². The molecule has 2 nitrogen and oxygen atoms in total. The van der Waals surface area contributed by atoms with E-state index >= 15 is 0 Å². The van der Waals surface area contributed by atoms with Crippen LogP contribution in [-0.2, 0) is 5.92 Å². The van der Waals surface area contributed by atoms with Crippen molar-refractivity contribution in [2.24, 2.45) is 0 Å². The molecule has 0 atom stereocenters. The summed E-state index contributed by atoms with van der Waals surface area (Å²) in [7, 11) is 0. The number of anilines is 1. The van der Waals surface area contributed by atoms with Gasteiger partial charge in [0.05, 0.1) is 5.56 Å². The van der Waals surface area contributed by atoms with Crippen molar-refractivity contribution in [1.29, 1.82) is 0 Å². The summed E-state index contributed by atoms with van der Waals surface area (Å²) in [6.07, 6.45) is -0.150. The first-order valence-electron chi connectivity index (χ1n) is 5.14. The number of fused-ring (bicyclic) bond motifs is 1. The molecule has 0 fully saturated rings. The Hall–Kier alpha value is -1.19. The molecule has 15 heavy (non-hydrogen) atoms. The van der Waals surface area contributed by atoms with E-state index in [0.29, 0.717) is 5.82 Å². The topological polar surface area (TPSA) is 24.9 Å². The summed E-state index contributed by atoms with van der Waals surface area (Å²) < 4.78 is 26.9. The minimum atomic E-state index is -2.73. The van der Waals surface area contributed by atoms with E-state index in [0.717, 1.165) is 5.69 Å². The van der Waals surface area contributed by atoms with Gasteiger partial charge < -0.3 is 5.32 Å². The highest BCUT2D eigenvalue weighted by atomic mass is 19.3. The molecule has 0 aliphatic carbocycles. The lowest BCUT2D eigenvalue weighted by molar-refractivity contribution is -0.0127. The minimum Gasteiger partial charge on any atom is -0.369 e. The summed E-state index contributed by atoms with van der Waals surface area (Å²) in [5.74, 6) is -2.13. The third kappa shape index (κ3) is 1.80. The van der Waals surface area contributed by atoms with Gasteiger partial charge in [-0.3, -0.25) is 0 Å². The quantitative estimate of drug-likeness (QED) is 0.773. The molecule has 0 amide bonds. The van der Waals surface area contributed by atoms with Gasteiger partial charge in [-0.1, -0.05) is 13.8 Å². The van der Waals surface area contributed by atoms with Gasteiger partial charge in [-0.2, -0.15) is 0 Å². The summed E-state index contributed by atoms with van der Waals surface area (Å²) in [6, 6.07) is 3.17. The minimum absolute atomic E-state index is 0.0261. The molecule has 2 rings (SSSR count). The van der Waals surface area contributed by atoms with Crippen molar-refractivity contribution in [3.63, 3.8) is 0 Å². The Balaban J connectivity index is 2.45. The monoisotopic (exact) mass is 212 g/mol. The Morgan fingerprint density at radius 1 is 1.40 bits per heavy atom. The molecule has 1 N–H and O–H groups in total. The Morgan fingerprint density at radius 3 is 2.80 bits per heavy atom. The van der Waals surface area contributed by atoms with Crippen molar-refractivity contribution in [1.82, 2.24) is 4.98 Å². The fourth-order valence-corrected chi connectivity index (χ4v) is 1.70. The van der Waals surface area contributed by atoms with Crippen LogP contribution in [0.5, 0.6) is 0 Å². The second-order valence-corrected chi connectivity index (χ2v) is 4.17. The molecule has 0 aromatic carbocycles. The maximum atomic E-state index is 13.4. The second kappa shape index (κ2) is 3.43. The van der Waals surface area contributed by atoms with E-state index in [2.05, 4.69) is 10.3 Å². The first-order valence-corrected chi connectivity index (χ1v) is 5.14. The first kappa shape index (κ1) is 10.3. The van der Waals surface area contributed by atoms with Crippen molar-refractivity contribution in [2.45, 2.75) is 32.1 Å². The van der Waals surface area contributed by atoms with Gasteiger partial charge in [0.25, 0.3) is 5.92 Å². The zero-order chi connectivity index (χ0) is 11.1. The number of hydrogen-bond acceptors (Lipinski definition) is 2. The van der Waals surface area contributed by atoms with E-state index < -0.39 is 5.92 Å². The fourth-order valence-electron chi connectivity index (χ4n) is 1.70.